The van der Waals surface area contributed by atoms with Gasteiger partial charge in [-0.05, 0) is 35.9 Å². The Balaban J connectivity index is 1.60. The van der Waals surface area contributed by atoms with Crippen LogP contribution in [0.25, 0.3) is 44.1 Å². The fourth-order valence-corrected chi connectivity index (χ4v) is 5.00. The second-order valence-electron chi connectivity index (χ2n) is 8.07. The van der Waals surface area contributed by atoms with Crippen LogP contribution in [0.15, 0.2) is 59.4 Å². The number of hydrogen-bond acceptors (Lipinski definition) is 5. The zero-order valence-electron chi connectivity index (χ0n) is 18.2. The Hall–Kier alpha value is -3.94. The molecule has 3 aromatic carbocycles. The second-order valence-corrected chi connectivity index (χ2v) is 8.83. The Morgan fingerprint density at radius 2 is 1.72 bits per heavy atom. The van der Waals surface area contributed by atoms with Crippen LogP contribution in [-0.2, 0) is 10.6 Å². The fourth-order valence-electron chi connectivity index (χ4n) is 4.36. The van der Waals surface area contributed by atoms with Crippen molar-refractivity contribution in [2.24, 2.45) is 0 Å². The molecule has 0 atom stereocenters. The van der Waals surface area contributed by atoms with Gasteiger partial charge in [-0.2, -0.15) is 18.3 Å². The summed E-state index contributed by atoms with van der Waals surface area (Å²) in [5, 5.41) is 16.2. The number of halogens is 4. The van der Waals surface area contributed by atoms with Crippen molar-refractivity contribution < 1.29 is 13.2 Å². The number of fused-ring (bicyclic) bond motifs is 3. The normalized spacial score (nSPS) is 12.1. The van der Waals surface area contributed by atoms with Crippen molar-refractivity contribution in [3.8, 4) is 11.4 Å². The van der Waals surface area contributed by atoms with Crippen molar-refractivity contribution in [3.63, 3.8) is 0 Å². The fraction of sp³-hybridized carbons (Fsp3) is 0.0833. The Morgan fingerprint density at radius 1 is 0.889 bits per heavy atom. The molecule has 4 N–H and O–H groups in total. The van der Waals surface area contributed by atoms with Gasteiger partial charge in [0, 0.05) is 20.8 Å². The summed E-state index contributed by atoms with van der Waals surface area (Å²) in [5.74, 6) is 0.629. The molecule has 0 amide bonds. The van der Waals surface area contributed by atoms with Crippen LogP contribution in [0.2, 0.25) is 0 Å². The molecule has 0 saturated carbocycles. The summed E-state index contributed by atoms with van der Waals surface area (Å²) in [6.07, 6.45) is -4.82. The summed E-state index contributed by atoms with van der Waals surface area (Å²) in [6, 6.07) is 15.5. The van der Waals surface area contributed by atoms with E-state index in [0.717, 1.165) is 20.9 Å². The summed E-state index contributed by atoms with van der Waals surface area (Å²) in [6.45, 7) is 0. The van der Waals surface area contributed by atoms with E-state index < -0.39 is 22.7 Å². The molecule has 6 rings (SSSR count). The lowest BCUT2D eigenvalue weighted by molar-refractivity contribution is -0.135. The number of para-hydroxylation sites is 1. The summed E-state index contributed by atoms with van der Waals surface area (Å²) < 4.78 is 43.5. The number of alkyl halides is 4. The Bertz CT molecular complexity index is 1840. The lowest BCUT2D eigenvalue weighted by atomic mass is 10.0. The summed E-state index contributed by atoms with van der Waals surface area (Å²) in [4.78, 5) is 21.2. The maximum Gasteiger partial charge on any atom is 0.417 e. The predicted molar refractivity (Wildman–Crippen MR) is 140 cm³/mol. The number of nitrogens with zero attached hydrogens (tertiary/aromatic N) is 3. The van der Waals surface area contributed by atoms with Crippen LogP contribution in [0.5, 0.6) is 0 Å². The average molecular weight is 601 g/mol. The third-order valence-corrected chi connectivity index (χ3v) is 6.75. The standard InChI is InChI=1S/C24H15F3IN7O/c25-24(26,27)19-13(8-9-16-18(19)23(36)35-33-16)21-29-14-6-2-1-5-12(14)20(30-21)31-22-17-11(10-28)4-3-7-15(17)32-34-22/h1-9H,10H2,(H2,33,35,36)(H2,29,30,31,32,34). The molecule has 36 heavy (non-hydrogen) atoms. The SMILES string of the molecule is O=c1[nH][nH]c2ccc(-c3nc(Nc4n[nH]c5cccc(CI)c45)c4ccccc4n3)c(C(F)(F)F)c12. The van der Waals surface area contributed by atoms with Gasteiger partial charge in [-0.25, -0.2) is 9.97 Å². The molecule has 3 aromatic heterocycles. The van der Waals surface area contributed by atoms with Gasteiger partial charge in [0.15, 0.2) is 11.6 Å². The molecule has 8 nitrogen and oxygen atoms in total. The van der Waals surface area contributed by atoms with Crippen LogP contribution in [0.3, 0.4) is 0 Å². The molecule has 12 heteroatoms. The number of benzene rings is 3. The monoisotopic (exact) mass is 601 g/mol. The first kappa shape index (κ1) is 22.5. The molecular formula is C24H15F3IN7O. The molecule has 0 radical (unpaired) electrons. The minimum Gasteiger partial charge on any atom is -0.322 e. The zero-order valence-corrected chi connectivity index (χ0v) is 20.3. The van der Waals surface area contributed by atoms with E-state index in [1.807, 2.05) is 18.2 Å². The Morgan fingerprint density at radius 3 is 2.53 bits per heavy atom. The summed E-state index contributed by atoms with van der Waals surface area (Å²) in [7, 11) is 0. The van der Waals surface area contributed by atoms with Crippen molar-refractivity contribution in [2.75, 3.05) is 5.32 Å². The molecule has 0 unspecified atom stereocenters. The molecule has 0 saturated heterocycles. The highest BCUT2D eigenvalue weighted by Crippen LogP contribution is 2.40. The lowest BCUT2D eigenvalue weighted by Crippen LogP contribution is -2.13. The molecule has 0 aliphatic heterocycles. The number of H-pyrrole nitrogens is 3. The van der Waals surface area contributed by atoms with E-state index in [2.05, 4.69) is 58.3 Å². The minimum absolute atomic E-state index is 0.0459. The number of aromatic amines is 3. The van der Waals surface area contributed by atoms with Crippen molar-refractivity contribution in [1.29, 1.82) is 0 Å². The molecule has 3 heterocycles. The maximum atomic E-state index is 14.2. The molecule has 0 spiro atoms. The smallest absolute Gasteiger partial charge is 0.322 e. The highest BCUT2D eigenvalue weighted by atomic mass is 127. The van der Waals surface area contributed by atoms with Crippen LogP contribution < -0.4 is 10.9 Å². The van der Waals surface area contributed by atoms with Crippen LogP contribution >= 0.6 is 22.6 Å². The van der Waals surface area contributed by atoms with E-state index in [0.29, 0.717) is 22.5 Å². The van der Waals surface area contributed by atoms with E-state index in [1.54, 1.807) is 24.3 Å². The molecule has 6 aromatic rings. The first-order chi connectivity index (χ1) is 17.3. The summed E-state index contributed by atoms with van der Waals surface area (Å²) in [5.41, 5.74) is 0.0865. The van der Waals surface area contributed by atoms with Gasteiger partial charge in [0.05, 0.1) is 27.5 Å². The number of hydrogen-bond donors (Lipinski definition) is 4. The van der Waals surface area contributed by atoms with Crippen molar-refractivity contribution in [1.82, 2.24) is 30.4 Å². The third kappa shape index (κ3) is 3.59. The minimum atomic E-state index is -4.82. The molecule has 0 aliphatic rings. The van der Waals surface area contributed by atoms with Crippen molar-refractivity contribution >= 4 is 66.9 Å². The number of aromatic nitrogens is 6. The van der Waals surface area contributed by atoms with Gasteiger partial charge in [-0.15, -0.1) is 0 Å². The van der Waals surface area contributed by atoms with Crippen LogP contribution in [0.1, 0.15) is 11.1 Å². The predicted octanol–water partition coefficient (Wildman–Crippen LogP) is 6.04. The van der Waals surface area contributed by atoms with Crippen molar-refractivity contribution in [2.45, 2.75) is 10.6 Å². The van der Waals surface area contributed by atoms with E-state index in [4.69, 9.17) is 0 Å². The van der Waals surface area contributed by atoms with Crippen molar-refractivity contribution in [3.05, 3.63) is 76.1 Å². The Kier molecular flexibility index (Phi) is 5.21. The van der Waals surface area contributed by atoms with Gasteiger partial charge in [-0.3, -0.25) is 20.1 Å². The maximum absolute atomic E-state index is 14.2. The zero-order chi connectivity index (χ0) is 25.0. The largest absolute Gasteiger partial charge is 0.417 e. The van der Waals surface area contributed by atoms with Gasteiger partial charge in [0.1, 0.15) is 5.82 Å². The number of rotatable bonds is 4. The molecule has 180 valence electrons. The van der Waals surface area contributed by atoms with Gasteiger partial charge in [0.25, 0.3) is 5.56 Å². The molecule has 0 bridgehead atoms. The number of anilines is 2. The first-order valence-electron chi connectivity index (χ1n) is 10.7. The quantitative estimate of drug-likeness (QED) is 0.145. The van der Waals surface area contributed by atoms with Crippen LogP contribution in [0.4, 0.5) is 24.8 Å². The van der Waals surface area contributed by atoms with E-state index in [9.17, 15) is 18.0 Å². The lowest BCUT2D eigenvalue weighted by Gasteiger charge is -2.15. The van der Waals surface area contributed by atoms with Crippen LogP contribution in [-0.4, -0.2) is 30.4 Å². The van der Waals surface area contributed by atoms with E-state index >= 15 is 0 Å². The Labute approximate surface area is 213 Å². The third-order valence-electron chi connectivity index (χ3n) is 5.93. The van der Waals surface area contributed by atoms with Gasteiger partial charge in [0.2, 0.25) is 0 Å². The first-order valence-corrected chi connectivity index (χ1v) is 12.2. The van der Waals surface area contributed by atoms with E-state index in [-0.39, 0.29) is 16.9 Å². The van der Waals surface area contributed by atoms with E-state index in [1.165, 1.54) is 12.1 Å². The summed E-state index contributed by atoms with van der Waals surface area (Å²) >= 11 is 2.26. The highest BCUT2D eigenvalue weighted by Gasteiger charge is 2.38. The molecule has 0 fully saturated rings. The van der Waals surface area contributed by atoms with Gasteiger partial charge < -0.3 is 5.32 Å². The average Bonchev–Trinajstić information content (AvgIpc) is 3.46. The molecule has 0 aliphatic carbocycles. The molecular weight excluding hydrogens is 586 g/mol. The number of nitrogens with one attached hydrogen (secondary N) is 4. The topological polar surface area (TPSA) is 115 Å². The van der Waals surface area contributed by atoms with Crippen LogP contribution in [0, 0.1) is 0 Å². The highest BCUT2D eigenvalue weighted by molar-refractivity contribution is 14.1. The van der Waals surface area contributed by atoms with Gasteiger partial charge in [-0.1, -0.05) is 46.9 Å². The van der Waals surface area contributed by atoms with Gasteiger partial charge >= 0.3 is 6.18 Å². The second kappa shape index (κ2) is 8.33.